The molecule has 1 amide bonds. The lowest BCUT2D eigenvalue weighted by Crippen LogP contribution is -2.36. The minimum Gasteiger partial charge on any atom is -0.482 e. The van der Waals surface area contributed by atoms with Crippen molar-refractivity contribution in [2.45, 2.75) is 18.9 Å². The molecule has 0 radical (unpaired) electrons. The summed E-state index contributed by atoms with van der Waals surface area (Å²) in [6.07, 6.45) is 2.19. The summed E-state index contributed by atoms with van der Waals surface area (Å²) in [5, 5.41) is 6.28. The van der Waals surface area contributed by atoms with Crippen molar-refractivity contribution in [2.75, 3.05) is 43.1 Å². The Bertz CT molecular complexity index is 524. The minimum absolute atomic E-state index is 0.0498. The third-order valence-corrected chi connectivity index (χ3v) is 3.86. The molecule has 1 aromatic rings. The SMILES string of the molecule is CN1CCC(Nc2cc3c(cc2N)OCC(=O)N3)CC1. The fourth-order valence-electron chi connectivity index (χ4n) is 2.64. The van der Waals surface area contributed by atoms with Crippen molar-refractivity contribution in [3.05, 3.63) is 12.1 Å². The van der Waals surface area contributed by atoms with E-state index < -0.39 is 0 Å². The Kier molecular flexibility index (Phi) is 3.40. The molecule has 4 N–H and O–H groups in total. The summed E-state index contributed by atoms with van der Waals surface area (Å²) < 4.78 is 5.35. The molecule has 6 heteroatoms. The Labute approximate surface area is 118 Å². The number of nitrogens with one attached hydrogen (secondary N) is 2. The van der Waals surface area contributed by atoms with Gasteiger partial charge in [-0.25, -0.2) is 0 Å². The van der Waals surface area contributed by atoms with Crippen molar-refractivity contribution in [3.63, 3.8) is 0 Å². The summed E-state index contributed by atoms with van der Waals surface area (Å²) in [5.74, 6) is 0.503. The molecule has 1 aromatic carbocycles. The number of carbonyl (C=O) groups is 1. The van der Waals surface area contributed by atoms with E-state index in [0.717, 1.165) is 31.6 Å². The smallest absolute Gasteiger partial charge is 0.262 e. The first-order valence-corrected chi connectivity index (χ1v) is 6.93. The largest absolute Gasteiger partial charge is 0.482 e. The summed E-state index contributed by atoms with van der Waals surface area (Å²) in [6, 6.07) is 4.05. The lowest BCUT2D eigenvalue weighted by molar-refractivity contribution is -0.118. The van der Waals surface area contributed by atoms with Gasteiger partial charge in [0.1, 0.15) is 5.75 Å². The van der Waals surface area contributed by atoms with Crippen molar-refractivity contribution in [3.8, 4) is 5.75 Å². The first-order chi connectivity index (χ1) is 9.61. The summed E-state index contributed by atoms with van der Waals surface area (Å²) in [6.45, 7) is 2.22. The normalized spacial score (nSPS) is 19.9. The molecular formula is C14H20N4O2. The van der Waals surface area contributed by atoms with Crippen molar-refractivity contribution in [1.82, 2.24) is 4.90 Å². The number of amides is 1. The molecule has 2 aliphatic heterocycles. The van der Waals surface area contributed by atoms with Crippen LogP contribution in [0.5, 0.6) is 5.75 Å². The molecule has 2 aliphatic rings. The molecule has 1 saturated heterocycles. The second-order valence-corrected chi connectivity index (χ2v) is 5.49. The third kappa shape index (κ3) is 2.65. The number of piperidine rings is 1. The molecule has 2 heterocycles. The molecular weight excluding hydrogens is 256 g/mol. The van der Waals surface area contributed by atoms with Gasteiger partial charge in [0.2, 0.25) is 0 Å². The standard InChI is InChI=1S/C14H20N4O2/c1-18-4-2-9(3-5-18)16-11-7-12-13(6-10(11)15)20-8-14(19)17-12/h6-7,9,16H,2-5,8,15H2,1H3,(H,17,19). The van der Waals surface area contributed by atoms with Crippen molar-refractivity contribution in [2.24, 2.45) is 0 Å². The molecule has 0 aromatic heterocycles. The number of hydrogen-bond acceptors (Lipinski definition) is 5. The van der Waals surface area contributed by atoms with Gasteiger partial charge < -0.3 is 26.0 Å². The van der Waals surface area contributed by atoms with Gasteiger partial charge in [0, 0.05) is 12.1 Å². The molecule has 6 nitrogen and oxygen atoms in total. The molecule has 20 heavy (non-hydrogen) atoms. The van der Waals surface area contributed by atoms with Crippen LogP contribution >= 0.6 is 0 Å². The van der Waals surface area contributed by atoms with E-state index in [0.29, 0.717) is 23.2 Å². The van der Waals surface area contributed by atoms with Crippen LogP contribution in [-0.2, 0) is 4.79 Å². The summed E-state index contributed by atoms with van der Waals surface area (Å²) >= 11 is 0. The molecule has 108 valence electrons. The number of hydrogen-bond donors (Lipinski definition) is 3. The number of carbonyl (C=O) groups excluding carboxylic acids is 1. The number of benzene rings is 1. The van der Waals surface area contributed by atoms with Gasteiger partial charge in [-0.05, 0) is 39.0 Å². The average Bonchev–Trinajstić information content (AvgIpc) is 2.42. The van der Waals surface area contributed by atoms with Gasteiger partial charge in [-0.15, -0.1) is 0 Å². The van der Waals surface area contributed by atoms with Crippen LogP contribution in [0.2, 0.25) is 0 Å². The Morgan fingerprint density at radius 3 is 2.90 bits per heavy atom. The van der Waals surface area contributed by atoms with E-state index in [1.807, 2.05) is 6.07 Å². The van der Waals surface area contributed by atoms with E-state index in [1.54, 1.807) is 6.07 Å². The van der Waals surface area contributed by atoms with Gasteiger partial charge in [-0.2, -0.15) is 0 Å². The Hall–Kier alpha value is -1.95. The summed E-state index contributed by atoms with van der Waals surface area (Å²) in [7, 11) is 2.14. The van der Waals surface area contributed by atoms with Crippen LogP contribution in [0.1, 0.15) is 12.8 Å². The van der Waals surface area contributed by atoms with Crippen LogP contribution < -0.4 is 21.1 Å². The Balaban J connectivity index is 1.76. The van der Waals surface area contributed by atoms with Crippen LogP contribution in [-0.4, -0.2) is 43.6 Å². The lowest BCUT2D eigenvalue weighted by atomic mass is 10.0. The van der Waals surface area contributed by atoms with Crippen molar-refractivity contribution in [1.29, 1.82) is 0 Å². The van der Waals surface area contributed by atoms with Gasteiger partial charge in [-0.1, -0.05) is 0 Å². The quantitative estimate of drug-likeness (QED) is 0.705. The van der Waals surface area contributed by atoms with Crippen LogP contribution in [0.15, 0.2) is 12.1 Å². The maximum absolute atomic E-state index is 11.4. The van der Waals surface area contributed by atoms with Crippen LogP contribution in [0.3, 0.4) is 0 Å². The highest BCUT2D eigenvalue weighted by Gasteiger charge is 2.21. The number of rotatable bonds is 2. The number of nitrogens with two attached hydrogens (primary N) is 1. The monoisotopic (exact) mass is 276 g/mol. The third-order valence-electron chi connectivity index (χ3n) is 3.86. The molecule has 0 bridgehead atoms. The zero-order valence-corrected chi connectivity index (χ0v) is 11.6. The molecule has 0 unspecified atom stereocenters. The molecule has 0 saturated carbocycles. The van der Waals surface area contributed by atoms with Crippen LogP contribution in [0.25, 0.3) is 0 Å². The fraction of sp³-hybridized carbons (Fsp3) is 0.500. The lowest BCUT2D eigenvalue weighted by Gasteiger charge is -2.31. The number of nitrogen functional groups attached to an aromatic ring is 1. The van der Waals surface area contributed by atoms with Gasteiger partial charge >= 0.3 is 0 Å². The number of anilines is 3. The van der Waals surface area contributed by atoms with E-state index >= 15 is 0 Å². The zero-order chi connectivity index (χ0) is 14.1. The maximum atomic E-state index is 11.4. The van der Waals surface area contributed by atoms with E-state index in [2.05, 4.69) is 22.6 Å². The number of nitrogens with zero attached hydrogens (tertiary/aromatic N) is 1. The highest BCUT2D eigenvalue weighted by Crippen LogP contribution is 2.35. The molecule has 1 fully saturated rings. The van der Waals surface area contributed by atoms with Crippen molar-refractivity contribution < 1.29 is 9.53 Å². The van der Waals surface area contributed by atoms with Gasteiger partial charge in [0.05, 0.1) is 17.1 Å². The highest BCUT2D eigenvalue weighted by molar-refractivity contribution is 5.97. The minimum atomic E-state index is -0.132. The molecule has 0 spiro atoms. The average molecular weight is 276 g/mol. The summed E-state index contributed by atoms with van der Waals surface area (Å²) in [4.78, 5) is 13.7. The molecule has 3 rings (SSSR count). The van der Waals surface area contributed by atoms with Crippen LogP contribution in [0, 0.1) is 0 Å². The Morgan fingerprint density at radius 2 is 2.15 bits per heavy atom. The molecule has 0 aliphatic carbocycles. The number of ether oxygens (including phenoxy) is 1. The van der Waals surface area contributed by atoms with E-state index in [9.17, 15) is 4.79 Å². The van der Waals surface area contributed by atoms with E-state index in [-0.39, 0.29) is 12.5 Å². The maximum Gasteiger partial charge on any atom is 0.262 e. The van der Waals surface area contributed by atoms with Crippen molar-refractivity contribution >= 4 is 23.0 Å². The topological polar surface area (TPSA) is 79.6 Å². The number of likely N-dealkylation sites (tertiary alicyclic amines) is 1. The second kappa shape index (κ2) is 5.20. The number of fused-ring (bicyclic) bond motifs is 1. The van der Waals surface area contributed by atoms with Gasteiger partial charge in [0.15, 0.2) is 6.61 Å². The molecule has 0 atom stereocenters. The zero-order valence-electron chi connectivity index (χ0n) is 11.6. The highest BCUT2D eigenvalue weighted by atomic mass is 16.5. The first kappa shape index (κ1) is 13.1. The predicted octanol–water partition coefficient (Wildman–Crippen LogP) is 1.11. The second-order valence-electron chi connectivity index (χ2n) is 5.49. The first-order valence-electron chi connectivity index (χ1n) is 6.93. The predicted molar refractivity (Wildman–Crippen MR) is 79.1 cm³/mol. The van der Waals surface area contributed by atoms with E-state index in [1.165, 1.54) is 0 Å². The van der Waals surface area contributed by atoms with Gasteiger partial charge in [-0.3, -0.25) is 4.79 Å². The van der Waals surface area contributed by atoms with Crippen LogP contribution in [0.4, 0.5) is 17.1 Å². The Morgan fingerprint density at radius 1 is 1.40 bits per heavy atom. The summed E-state index contributed by atoms with van der Waals surface area (Å²) in [5.41, 5.74) is 8.26. The van der Waals surface area contributed by atoms with E-state index in [4.69, 9.17) is 10.5 Å². The van der Waals surface area contributed by atoms with Gasteiger partial charge in [0.25, 0.3) is 5.91 Å². The fourth-order valence-corrected chi connectivity index (χ4v) is 2.64.